The van der Waals surface area contributed by atoms with Gasteiger partial charge in [0.25, 0.3) is 0 Å². The van der Waals surface area contributed by atoms with Gasteiger partial charge in [0.15, 0.2) is 5.78 Å². The van der Waals surface area contributed by atoms with E-state index in [0.717, 1.165) is 12.8 Å². The Morgan fingerprint density at radius 1 is 1.00 bits per heavy atom. The molecule has 8 heteroatoms. The van der Waals surface area contributed by atoms with Gasteiger partial charge in [-0.05, 0) is 26.7 Å². The van der Waals surface area contributed by atoms with E-state index in [2.05, 4.69) is 0 Å². The van der Waals surface area contributed by atoms with Crippen molar-refractivity contribution < 1.29 is 33.3 Å². The first-order chi connectivity index (χ1) is 11.0. The number of nitrogens with zero attached hydrogens (tertiary/aromatic N) is 1. The van der Waals surface area contributed by atoms with Gasteiger partial charge < -0.3 is 18.9 Å². The van der Waals surface area contributed by atoms with Crippen LogP contribution in [-0.2, 0) is 23.7 Å². The molecule has 3 aliphatic heterocycles. The number of hydrogen-bond acceptors (Lipinski definition) is 8. The Balaban J connectivity index is 2.09. The molecule has 2 bridgehead atoms. The maximum Gasteiger partial charge on any atom is 0.508 e. The number of ketones is 1. The van der Waals surface area contributed by atoms with Gasteiger partial charge in [0.1, 0.15) is 18.8 Å². The number of carbonyl (C=O) groups excluding carboxylic acids is 3. The van der Waals surface area contributed by atoms with E-state index in [1.807, 2.05) is 4.90 Å². The molecule has 0 aromatic heterocycles. The molecule has 3 saturated heterocycles. The summed E-state index contributed by atoms with van der Waals surface area (Å²) in [5.74, 6) is -0.139. The fourth-order valence-electron chi connectivity index (χ4n) is 3.15. The summed E-state index contributed by atoms with van der Waals surface area (Å²) in [5.41, 5.74) is -1.14. The van der Waals surface area contributed by atoms with E-state index in [1.54, 1.807) is 13.8 Å². The van der Waals surface area contributed by atoms with Crippen LogP contribution in [0.15, 0.2) is 0 Å². The Morgan fingerprint density at radius 2 is 1.48 bits per heavy atom. The standard InChI is InChI=1S/C15H23NO7/c1-3-20-13(18)22-9-15(10-23-14(19)21-4-2)12(17)11-5-7-16(15)8-6-11/h11H,3-10H2,1-2H3. The van der Waals surface area contributed by atoms with Crippen molar-refractivity contribution in [1.82, 2.24) is 4.90 Å². The molecule has 0 N–H and O–H groups in total. The second-order valence-electron chi connectivity index (χ2n) is 5.60. The number of ether oxygens (including phenoxy) is 4. The fraction of sp³-hybridized carbons (Fsp3) is 0.800. The zero-order valence-electron chi connectivity index (χ0n) is 13.5. The number of hydrogen-bond donors (Lipinski definition) is 0. The molecule has 0 aromatic rings. The Bertz CT molecular complexity index is 435. The molecule has 8 nitrogen and oxygen atoms in total. The molecule has 0 amide bonds. The molecule has 0 atom stereocenters. The summed E-state index contributed by atoms with van der Waals surface area (Å²) in [7, 11) is 0. The SMILES string of the molecule is CCOC(=O)OCC1(COC(=O)OCC)C(=O)C2CCN1CC2. The Labute approximate surface area is 135 Å². The van der Waals surface area contributed by atoms with Crippen molar-refractivity contribution in [1.29, 1.82) is 0 Å². The first kappa shape index (κ1) is 17.5. The van der Waals surface area contributed by atoms with Crippen LogP contribution in [0.1, 0.15) is 26.7 Å². The zero-order valence-corrected chi connectivity index (χ0v) is 13.5. The second-order valence-corrected chi connectivity index (χ2v) is 5.60. The van der Waals surface area contributed by atoms with E-state index in [1.165, 1.54) is 0 Å². The van der Waals surface area contributed by atoms with Crippen LogP contribution >= 0.6 is 0 Å². The minimum Gasteiger partial charge on any atom is -0.435 e. The van der Waals surface area contributed by atoms with Crippen LogP contribution in [0, 0.1) is 5.92 Å². The summed E-state index contributed by atoms with van der Waals surface area (Å²) >= 11 is 0. The molecule has 0 aromatic carbocycles. The van der Waals surface area contributed by atoms with Gasteiger partial charge in [-0.25, -0.2) is 9.59 Å². The molecule has 0 aliphatic carbocycles. The monoisotopic (exact) mass is 329 g/mol. The van der Waals surface area contributed by atoms with E-state index in [4.69, 9.17) is 18.9 Å². The molecule has 3 aliphatic rings. The van der Waals surface area contributed by atoms with Gasteiger partial charge >= 0.3 is 12.3 Å². The van der Waals surface area contributed by atoms with Gasteiger partial charge in [0, 0.05) is 19.0 Å². The van der Waals surface area contributed by atoms with E-state index in [-0.39, 0.29) is 38.1 Å². The largest absolute Gasteiger partial charge is 0.508 e. The van der Waals surface area contributed by atoms with Crippen molar-refractivity contribution in [2.24, 2.45) is 5.92 Å². The van der Waals surface area contributed by atoms with Crippen molar-refractivity contribution in [3.05, 3.63) is 0 Å². The second kappa shape index (κ2) is 7.63. The lowest BCUT2D eigenvalue weighted by atomic mass is 9.74. The average molecular weight is 329 g/mol. The van der Waals surface area contributed by atoms with Crippen LogP contribution < -0.4 is 0 Å². The predicted octanol–water partition coefficient (Wildman–Crippen LogP) is 1.37. The normalized spacial score (nSPS) is 24.9. The number of carbonyl (C=O) groups is 3. The smallest absolute Gasteiger partial charge is 0.435 e. The van der Waals surface area contributed by atoms with Crippen LogP contribution in [0.5, 0.6) is 0 Å². The Morgan fingerprint density at radius 3 is 1.87 bits per heavy atom. The van der Waals surface area contributed by atoms with Crippen LogP contribution in [0.25, 0.3) is 0 Å². The van der Waals surface area contributed by atoms with Crippen LogP contribution in [0.2, 0.25) is 0 Å². The molecule has 0 saturated carbocycles. The molecule has 3 heterocycles. The van der Waals surface area contributed by atoms with E-state index in [0.29, 0.717) is 13.1 Å². The summed E-state index contributed by atoms with van der Waals surface area (Å²) in [4.78, 5) is 37.6. The highest BCUT2D eigenvalue weighted by Gasteiger charge is 2.55. The topological polar surface area (TPSA) is 91.4 Å². The molecule has 0 radical (unpaired) electrons. The van der Waals surface area contributed by atoms with E-state index < -0.39 is 17.8 Å². The molecular formula is C15H23NO7. The number of fused-ring (bicyclic) bond motifs is 3. The quantitative estimate of drug-likeness (QED) is 0.675. The van der Waals surface area contributed by atoms with E-state index in [9.17, 15) is 14.4 Å². The fourth-order valence-corrected chi connectivity index (χ4v) is 3.15. The molecule has 3 rings (SSSR count). The highest BCUT2D eigenvalue weighted by molar-refractivity contribution is 5.92. The molecule has 0 unspecified atom stereocenters. The molecular weight excluding hydrogens is 306 g/mol. The lowest BCUT2D eigenvalue weighted by molar-refractivity contribution is -0.158. The van der Waals surface area contributed by atoms with Crippen LogP contribution in [0.4, 0.5) is 9.59 Å². The van der Waals surface area contributed by atoms with E-state index >= 15 is 0 Å². The van der Waals surface area contributed by atoms with Crippen LogP contribution in [0.3, 0.4) is 0 Å². The summed E-state index contributed by atoms with van der Waals surface area (Å²) in [6.45, 7) is 4.72. The Kier molecular flexibility index (Phi) is 5.81. The van der Waals surface area contributed by atoms with Gasteiger partial charge in [0.05, 0.1) is 13.2 Å². The zero-order chi connectivity index (χ0) is 16.9. The summed E-state index contributed by atoms with van der Waals surface area (Å²) < 4.78 is 19.6. The highest BCUT2D eigenvalue weighted by atomic mass is 16.7. The average Bonchev–Trinajstić information content (AvgIpc) is 2.55. The Hall–Kier alpha value is -1.83. The van der Waals surface area contributed by atoms with Gasteiger partial charge in [-0.2, -0.15) is 0 Å². The summed E-state index contributed by atoms with van der Waals surface area (Å²) in [6, 6.07) is 0. The molecule has 130 valence electrons. The van der Waals surface area contributed by atoms with Crippen molar-refractivity contribution in [2.45, 2.75) is 32.2 Å². The third-order valence-electron chi connectivity index (χ3n) is 4.31. The van der Waals surface area contributed by atoms with Crippen molar-refractivity contribution in [3.8, 4) is 0 Å². The summed E-state index contributed by atoms with van der Waals surface area (Å²) in [5, 5.41) is 0. The lowest BCUT2D eigenvalue weighted by Crippen LogP contribution is -2.69. The van der Waals surface area contributed by atoms with Crippen LogP contribution in [-0.4, -0.2) is 68.0 Å². The maximum atomic E-state index is 12.7. The molecule has 23 heavy (non-hydrogen) atoms. The van der Waals surface area contributed by atoms with Gasteiger partial charge in [-0.15, -0.1) is 0 Å². The van der Waals surface area contributed by atoms with Crippen molar-refractivity contribution in [3.63, 3.8) is 0 Å². The third kappa shape index (κ3) is 3.74. The third-order valence-corrected chi connectivity index (χ3v) is 4.31. The number of piperidine rings is 3. The number of Topliss-reactive ketones (excluding diaryl/α,β-unsaturated/α-hetero) is 1. The predicted molar refractivity (Wildman–Crippen MR) is 78.0 cm³/mol. The van der Waals surface area contributed by atoms with Gasteiger partial charge in [0.2, 0.25) is 0 Å². The lowest BCUT2D eigenvalue weighted by Gasteiger charge is -2.51. The number of rotatable bonds is 6. The van der Waals surface area contributed by atoms with Gasteiger partial charge in [-0.3, -0.25) is 9.69 Å². The van der Waals surface area contributed by atoms with Crippen molar-refractivity contribution in [2.75, 3.05) is 39.5 Å². The highest BCUT2D eigenvalue weighted by Crippen LogP contribution is 2.37. The molecule has 3 fully saturated rings. The molecule has 0 spiro atoms. The summed E-state index contributed by atoms with van der Waals surface area (Å²) in [6.07, 6.45) is -0.115. The minimum atomic E-state index is -1.14. The minimum absolute atomic E-state index is 0.0522. The van der Waals surface area contributed by atoms with Gasteiger partial charge in [-0.1, -0.05) is 0 Å². The first-order valence-corrected chi connectivity index (χ1v) is 7.92. The van der Waals surface area contributed by atoms with Crippen molar-refractivity contribution >= 4 is 18.1 Å². The first-order valence-electron chi connectivity index (χ1n) is 7.92. The maximum absolute atomic E-state index is 12.7.